The van der Waals surface area contributed by atoms with Crippen LogP contribution in [0.5, 0.6) is 0 Å². The van der Waals surface area contributed by atoms with Crippen LogP contribution >= 0.6 is 11.6 Å². The Kier molecular flexibility index (Phi) is 4.88. The lowest BCUT2D eigenvalue weighted by molar-refractivity contribution is 0.527. The molecule has 6 heteroatoms. The molecule has 4 nitrogen and oxygen atoms in total. The van der Waals surface area contributed by atoms with Gasteiger partial charge in [-0.2, -0.15) is 12.7 Å². The van der Waals surface area contributed by atoms with Crippen LogP contribution in [0.3, 0.4) is 0 Å². The molecule has 0 atom stereocenters. The normalized spacial score (nSPS) is 11.6. The van der Waals surface area contributed by atoms with Gasteiger partial charge in [-0.25, -0.2) is 0 Å². The molecule has 0 saturated heterocycles. The molecule has 0 spiro atoms. The van der Waals surface area contributed by atoms with Gasteiger partial charge in [-0.15, -0.1) is 0 Å². The summed E-state index contributed by atoms with van der Waals surface area (Å²) in [5.74, 6) is 0. The number of hydrogen-bond acceptors (Lipinski definition) is 2. The molecule has 0 aromatic heterocycles. The molecule has 112 valence electrons. The molecular formula is C15H17ClN2O2S. The standard InChI is InChI=1S/C15H17ClN2O2S/c1-18(2)21(19,20)17-15-5-3-4-13(11-15)10-12-6-8-14(16)9-7-12/h3-9,11,17H,10H2,1-2H3. The summed E-state index contributed by atoms with van der Waals surface area (Å²) in [6.07, 6.45) is 0.717. The van der Waals surface area contributed by atoms with Crippen molar-refractivity contribution in [2.45, 2.75) is 6.42 Å². The third-order valence-electron chi connectivity index (χ3n) is 2.98. The molecular weight excluding hydrogens is 308 g/mol. The number of rotatable bonds is 5. The molecule has 0 aliphatic rings. The van der Waals surface area contributed by atoms with Gasteiger partial charge in [0.1, 0.15) is 0 Å². The summed E-state index contributed by atoms with van der Waals surface area (Å²) in [6, 6.07) is 15.0. The maximum atomic E-state index is 11.8. The Morgan fingerprint density at radius 3 is 2.33 bits per heavy atom. The van der Waals surface area contributed by atoms with Crippen molar-refractivity contribution in [1.29, 1.82) is 0 Å². The minimum atomic E-state index is -3.48. The molecule has 0 aliphatic heterocycles. The highest BCUT2D eigenvalue weighted by Gasteiger charge is 2.12. The van der Waals surface area contributed by atoms with E-state index in [2.05, 4.69) is 4.72 Å². The maximum Gasteiger partial charge on any atom is 0.301 e. The predicted octanol–water partition coefficient (Wildman–Crippen LogP) is 3.15. The van der Waals surface area contributed by atoms with E-state index in [1.807, 2.05) is 42.5 Å². The van der Waals surface area contributed by atoms with Gasteiger partial charge in [-0.1, -0.05) is 35.9 Å². The summed E-state index contributed by atoms with van der Waals surface area (Å²) in [4.78, 5) is 0. The fourth-order valence-corrected chi connectivity index (χ4v) is 2.56. The first-order chi connectivity index (χ1) is 9.87. The lowest BCUT2D eigenvalue weighted by Gasteiger charge is -2.14. The zero-order valence-corrected chi connectivity index (χ0v) is 13.4. The molecule has 0 fully saturated rings. The van der Waals surface area contributed by atoms with Crippen LogP contribution in [0.1, 0.15) is 11.1 Å². The Balaban J connectivity index is 2.16. The van der Waals surface area contributed by atoms with Gasteiger partial charge in [0.25, 0.3) is 0 Å². The third kappa shape index (κ3) is 4.46. The topological polar surface area (TPSA) is 49.4 Å². The lowest BCUT2D eigenvalue weighted by atomic mass is 10.0. The summed E-state index contributed by atoms with van der Waals surface area (Å²) >= 11 is 5.86. The molecule has 0 bridgehead atoms. The van der Waals surface area contributed by atoms with Gasteiger partial charge >= 0.3 is 10.2 Å². The van der Waals surface area contributed by atoms with Gasteiger partial charge in [0, 0.05) is 19.1 Å². The van der Waals surface area contributed by atoms with E-state index in [1.54, 1.807) is 6.07 Å². The highest BCUT2D eigenvalue weighted by Crippen LogP contribution is 2.17. The van der Waals surface area contributed by atoms with Crippen LogP contribution in [0.25, 0.3) is 0 Å². The lowest BCUT2D eigenvalue weighted by Crippen LogP contribution is -2.28. The fourth-order valence-electron chi connectivity index (χ4n) is 1.82. The summed E-state index contributed by atoms with van der Waals surface area (Å²) in [5.41, 5.74) is 2.69. The van der Waals surface area contributed by atoms with Gasteiger partial charge < -0.3 is 0 Å². The Morgan fingerprint density at radius 1 is 1.05 bits per heavy atom. The van der Waals surface area contributed by atoms with Crippen LogP contribution in [0.4, 0.5) is 5.69 Å². The zero-order chi connectivity index (χ0) is 15.5. The minimum absolute atomic E-state index is 0.551. The summed E-state index contributed by atoms with van der Waals surface area (Å²) in [6.45, 7) is 0. The van der Waals surface area contributed by atoms with Crippen molar-refractivity contribution < 1.29 is 8.42 Å². The maximum absolute atomic E-state index is 11.8. The molecule has 0 unspecified atom stereocenters. The van der Waals surface area contributed by atoms with Crippen LogP contribution < -0.4 is 4.72 Å². The molecule has 0 amide bonds. The SMILES string of the molecule is CN(C)S(=O)(=O)Nc1cccc(Cc2ccc(Cl)cc2)c1. The molecule has 21 heavy (non-hydrogen) atoms. The Bertz CT molecular complexity index is 713. The molecule has 1 N–H and O–H groups in total. The van der Waals surface area contributed by atoms with Crippen LogP contribution in [-0.4, -0.2) is 26.8 Å². The largest absolute Gasteiger partial charge is 0.301 e. The van der Waals surface area contributed by atoms with Crippen LogP contribution in [-0.2, 0) is 16.6 Å². The molecule has 0 radical (unpaired) electrons. The monoisotopic (exact) mass is 324 g/mol. The number of benzene rings is 2. The quantitative estimate of drug-likeness (QED) is 0.918. The van der Waals surface area contributed by atoms with E-state index in [1.165, 1.54) is 14.1 Å². The molecule has 2 aromatic carbocycles. The first kappa shape index (κ1) is 15.8. The van der Waals surface area contributed by atoms with Crippen molar-refractivity contribution in [2.24, 2.45) is 0 Å². The molecule has 0 saturated carbocycles. The number of hydrogen-bond donors (Lipinski definition) is 1. The van der Waals surface area contributed by atoms with E-state index in [-0.39, 0.29) is 0 Å². The van der Waals surface area contributed by atoms with Gasteiger partial charge in [0.05, 0.1) is 5.69 Å². The van der Waals surface area contributed by atoms with Crippen molar-refractivity contribution >= 4 is 27.5 Å². The van der Waals surface area contributed by atoms with Gasteiger partial charge in [-0.3, -0.25) is 4.72 Å². The van der Waals surface area contributed by atoms with E-state index < -0.39 is 10.2 Å². The number of nitrogens with zero attached hydrogens (tertiary/aromatic N) is 1. The Hall–Kier alpha value is -1.56. The first-order valence-electron chi connectivity index (χ1n) is 6.40. The van der Waals surface area contributed by atoms with Crippen LogP contribution in [0.2, 0.25) is 5.02 Å². The first-order valence-corrected chi connectivity index (χ1v) is 8.22. The van der Waals surface area contributed by atoms with Gasteiger partial charge in [0.2, 0.25) is 0 Å². The van der Waals surface area contributed by atoms with Crippen molar-refractivity contribution in [2.75, 3.05) is 18.8 Å². The smallest absolute Gasteiger partial charge is 0.271 e. The summed E-state index contributed by atoms with van der Waals surface area (Å²) < 4.78 is 27.3. The predicted molar refractivity (Wildman–Crippen MR) is 86.9 cm³/mol. The highest BCUT2D eigenvalue weighted by molar-refractivity contribution is 7.90. The van der Waals surface area contributed by atoms with Crippen molar-refractivity contribution in [3.8, 4) is 0 Å². The summed E-state index contributed by atoms with van der Waals surface area (Å²) in [7, 11) is -0.509. The second-order valence-electron chi connectivity index (χ2n) is 4.89. The van der Waals surface area contributed by atoms with Crippen molar-refractivity contribution in [1.82, 2.24) is 4.31 Å². The van der Waals surface area contributed by atoms with Crippen LogP contribution in [0.15, 0.2) is 48.5 Å². The fraction of sp³-hybridized carbons (Fsp3) is 0.200. The van der Waals surface area contributed by atoms with Gasteiger partial charge in [0.15, 0.2) is 0 Å². The molecule has 2 rings (SSSR count). The second-order valence-corrected chi connectivity index (χ2v) is 7.21. The minimum Gasteiger partial charge on any atom is -0.271 e. The Labute approximate surface area is 130 Å². The average molecular weight is 325 g/mol. The Morgan fingerprint density at radius 2 is 1.71 bits per heavy atom. The van der Waals surface area contributed by atoms with Crippen molar-refractivity contribution in [3.63, 3.8) is 0 Å². The zero-order valence-electron chi connectivity index (χ0n) is 11.9. The number of halogens is 1. The molecule has 2 aromatic rings. The molecule has 0 heterocycles. The van der Waals surface area contributed by atoms with E-state index >= 15 is 0 Å². The van der Waals surface area contributed by atoms with E-state index in [9.17, 15) is 8.42 Å². The van der Waals surface area contributed by atoms with E-state index in [0.29, 0.717) is 17.1 Å². The van der Waals surface area contributed by atoms with Crippen molar-refractivity contribution in [3.05, 3.63) is 64.7 Å². The third-order valence-corrected chi connectivity index (χ3v) is 4.68. The highest BCUT2D eigenvalue weighted by atomic mass is 35.5. The number of nitrogens with one attached hydrogen (secondary N) is 1. The van der Waals surface area contributed by atoms with E-state index in [4.69, 9.17) is 11.6 Å². The van der Waals surface area contributed by atoms with E-state index in [0.717, 1.165) is 15.4 Å². The van der Waals surface area contributed by atoms with Gasteiger partial charge in [-0.05, 0) is 41.8 Å². The second kappa shape index (κ2) is 6.47. The molecule has 0 aliphatic carbocycles. The average Bonchev–Trinajstić information content (AvgIpc) is 2.41. The summed E-state index contributed by atoms with van der Waals surface area (Å²) in [5, 5.41) is 0.700. The van der Waals surface area contributed by atoms with Crippen LogP contribution in [0, 0.1) is 0 Å². The number of anilines is 1.